The van der Waals surface area contributed by atoms with E-state index in [1.54, 1.807) is 13.2 Å². The second-order valence-electron chi connectivity index (χ2n) is 9.99. The number of carbonyl (C=O) groups excluding carboxylic acids is 1. The molecule has 2 aliphatic rings. The number of H-pyrrole nitrogens is 1. The van der Waals surface area contributed by atoms with Crippen molar-refractivity contribution in [1.82, 2.24) is 24.7 Å². The van der Waals surface area contributed by atoms with E-state index in [-0.39, 0.29) is 11.5 Å². The normalized spacial score (nSPS) is 17.0. The molecule has 2 saturated heterocycles. The highest BCUT2D eigenvalue weighted by Crippen LogP contribution is 2.16. The second-order valence-corrected chi connectivity index (χ2v) is 9.99. The molecule has 9 heteroatoms. The average molecular weight is 517 g/mol. The first kappa shape index (κ1) is 25.9. The van der Waals surface area contributed by atoms with Gasteiger partial charge in [-0.25, -0.2) is 4.98 Å². The highest BCUT2D eigenvalue weighted by atomic mass is 16.5. The van der Waals surface area contributed by atoms with E-state index in [4.69, 9.17) is 9.72 Å². The van der Waals surface area contributed by atoms with Gasteiger partial charge in [-0.05, 0) is 23.3 Å². The zero-order valence-corrected chi connectivity index (χ0v) is 22.0. The van der Waals surface area contributed by atoms with Gasteiger partial charge >= 0.3 is 0 Å². The van der Waals surface area contributed by atoms with Crippen LogP contribution in [0.4, 0.5) is 5.95 Å². The van der Waals surface area contributed by atoms with Gasteiger partial charge in [-0.15, -0.1) is 0 Å². The van der Waals surface area contributed by atoms with Crippen molar-refractivity contribution in [2.45, 2.75) is 19.5 Å². The van der Waals surface area contributed by atoms with Crippen molar-refractivity contribution in [2.75, 3.05) is 64.4 Å². The maximum atomic E-state index is 12.8. The van der Waals surface area contributed by atoms with Crippen molar-refractivity contribution >= 4 is 11.9 Å². The molecule has 0 bridgehead atoms. The molecule has 2 aliphatic heterocycles. The molecule has 2 aromatic carbocycles. The molecule has 38 heavy (non-hydrogen) atoms. The fraction of sp³-hybridized carbons (Fsp3) is 0.414. The predicted octanol–water partition coefficient (Wildman–Crippen LogP) is 1.99. The molecule has 0 aliphatic carbocycles. The van der Waals surface area contributed by atoms with Crippen LogP contribution in [0.3, 0.4) is 0 Å². The predicted molar refractivity (Wildman–Crippen MR) is 147 cm³/mol. The van der Waals surface area contributed by atoms with E-state index in [1.165, 1.54) is 5.56 Å². The number of benzene rings is 2. The van der Waals surface area contributed by atoms with Crippen molar-refractivity contribution in [1.29, 1.82) is 0 Å². The third kappa shape index (κ3) is 6.79. The van der Waals surface area contributed by atoms with Gasteiger partial charge in [0.15, 0.2) is 0 Å². The smallest absolute Gasteiger partial charge is 0.252 e. The molecule has 3 aromatic rings. The average Bonchev–Trinajstić information content (AvgIpc) is 2.95. The molecule has 0 radical (unpaired) electrons. The minimum atomic E-state index is -0.134. The summed E-state index contributed by atoms with van der Waals surface area (Å²) in [5.41, 5.74) is 2.96. The summed E-state index contributed by atoms with van der Waals surface area (Å²) in [6.45, 7) is 8.01. The zero-order chi connectivity index (χ0) is 26.3. The number of amides is 1. The third-order valence-corrected chi connectivity index (χ3v) is 7.33. The number of hydrogen-bond donors (Lipinski definition) is 1. The van der Waals surface area contributed by atoms with Gasteiger partial charge in [0.05, 0.1) is 19.2 Å². The molecule has 200 valence electrons. The van der Waals surface area contributed by atoms with Gasteiger partial charge in [0.1, 0.15) is 5.75 Å². The number of rotatable bonds is 8. The maximum Gasteiger partial charge on any atom is 0.252 e. The lowest BCUT2D eigenvalue weighted by molar-refractivity contribution is -0.130. The second kappa shape index (κ2) is 12.2. The monoisotopic (exact) mass is 516 g/mol. The molecular weight excluding hydrogens is 480 g/mol. The summed E-state index contributed by atoms with van der Waals surface area (Å²) >= 11 is 0. The highest BCUT2D eigenvalue weighted by molar-refractivity contribution is 5.79. The van der Waals surface area contributed by atoms with Crippen LogP contribution in [0.2, 0.25) is 0 Å². The van der Waals surface area contributed by atoms with Crippen molar-refractivity contribution in [3.63, 3.8) is 0 Å². The summed E-state index contributed by atoms with van der Waals surface area (Å²) in [6.07, 6.45) is 0.368. The standard InChI is InChI=1S/C29H36N6O3/c1-38-26-9-7-23(8-10-26)19-28(37)34-15-17-35(18-16-34)29-30-25(20-27(36)31-29)22-33-13-11-32(12-14-33)21-24-5-3-2-4-6-24/h2-10,20H,11-19,21-22H2,1H3,(H,30,31,36). The number of nitrogens with one attached hydrogen (secondary N) is 1. The van der Waals surface area contributed by atoms with Gasteiger partial charge in [-0.2, -0.15) is 0 Å². The minimum Gasteiger partial charge on any atom is -0.497 e. The largest absolute Gasteiger partial charge is 0.497 e. The number of aromatic nitrogens is 2. The molecule has 3 heterocycles. The van der Waals surface area contributed by atoms with E-state index in [2.05, 4.69) is 43.9 Å². The van der Waals surface area contributed by atoms with Crippen LogP contribution in [0.15, 0.2) is 65.5 Å². The van der Waals surface area contributed by atoms with Gasteiger partial charge in [-0.3, -0.25) is 24.4 Å². The quantitative estimate of drug-likeness (QED) is 0.490. The van der Waals surface area contributed by atoms with Gasteiger partial charge in [0, 0.05) is 71.5 Å². The molecule has 1 aromatic heterocycles. The van der Waals surface area contributed by atoms with E-state index in [1.807, 2.05) is 35.2 Å². The van der Waals surface area contributed by atoms with Crippen LogP contribution in [0.25, 0.3) is 0 Å². The van der Waals surface area contributed by atoms with E-state index < -0.39 is 0 Å². The van der Waals surface area contributed by atoms with E-state index >= 15 is 0 Å². The fourth-order valence-corrected chi connectivity index (χ4v) is 5.10. The summed E-state index contributed by atoms with van der Waals surface area (Å²) in [5, 5.41) is 0. The van der Waals surface area contributed by atoms with Crippen molar-refractivity contribution in [3.8, 4) is 5.75 Å². The topological polar surface area (TPSA) is 85.0 Å². The van der Waals surface area contributed by atoms with E-state index in [9.17, 15) is 9.59 Å². The molecule has 0 spiro atoms. The first-order chi connectivity index (χ1) is 18.6. The van der Waals surface area contributed by atoms with Gasteiger partial charge in [0.25, 0.3) is 5.56 Å². The molecule has 5 rings (SSSR count). The first-order valence-corrected chi connectivity index (χ1v) is 13.3. The lowest BCUT2D eigenvalue weighted by atomic mass is 10.1. The summed E-state index contributed by atoms with van der Waals surface area (Å²) < 4.78 is 5.19. The molecule has 0 saturated carbocycles. The van der Waals surface area contributed by atoms with Crippen molar-refractivity contribution in [3.05, 3.63) is 87.8 Å². The Kier molecular flexibility index (Phi) is 8.35. The van der Waals surface area contributed by atoms with Crippen LogP contribution in [0, 0.1) is 0 Å². The Labute approximate surface area is 223 Å². The molecular formula is C29H36N6O3. The first-order valence-electron chi connectivity index (χ1n) is 13.3. The number of aromatic amines is 1. The van der Waals surface area contributed by atoms with Crippen LogP contribution in [0.5, 0.6) is 5.75 Å². The number of carbonyl (C=O) groups is 1. The Bertz CT molecular complexity index is 1250. The van der Waals surface area contributed by atoms with E-state index in [0.717, 1.165) is 49.7 Å². The summed E-state index contributed by atoms with van der Waals surface area (Å²) in [7, 11) is 1.63. The van der Waals surface area contributed by atoms with Crippen LogP contribution < -0.4 is 15.2 Å². The molecule has 9 nitrogen and oxygen atoms in total. The number of ether oxygens (including phenoxy) is 1. The zero-order valence-electron chi connectivity index (χ0n) is 22.0. The summed E-state index contributed by atoms with van der Waals surface area (Å²) in [5.74, 6) is 1.48. The number of methoxy groups -OCH3 is 1. The molecule has 2 fully saturated rings. The number of anilines is 1. The SMILES string of the molecule is COc1ccc(CC(=O)N2CCN(c3nc(CN4CCN(Cc5ccccc5)CC4)cc(=O)[nH]3)CC2)cc1. The minimum absolute atomic E-state index is 0.108. The van der Waals surface area contributed by atoms with Crippen molar-refractivity contribution in [2.24, 2.45) is 0 Å². The van der Waals surface area contributed by atoms with Gasteiger partial charge in [0.2, 0.25) is 11.9 Å². The molecule has 0 atom stereocenters. The Morgan fingerprint density at radius 2 is 1.50 bits per heavy atom. The summed E-state index contributed by atoms with van der Waals surface area (Å²) in [6, 6.07) is 19.8. The Morgan fingerprint density at radius 3 is 2.16 bits per heavy atom. The number of piperazine rings is 2. The molecule has 0 unspecified atom stereocenters. The Balaban J connectivity index is 1.11. The third-order valence-electron chi connectivity index (χ3n) is 7.33. The van der Waals surface area contributed by atoms with Crippen LogP contribution in [-0.4, -0.2) is 90.0 Å². The maximum absolute atomic E-state index is 12.8. The number of nitrogens with zero attached hydrogens (tertiary/aromatic N) is 5. The summed E-state index contributed by atoms with van der Waals surface area (Å²) in [4.78, 5) is 41.7. The van der Waals surface area contributed by atoms with Crippen molar-refractivity contribution < 1.29 is 9.53 Å². The Morgan fingerprint density at radius 1 is 0.842 bits per heavy atom. The highest BCUT2D eigenvalue weighted by Gasteiger charge is 2.24. The molecule has 1 N–H and O–H groups in total. The lowest BCUT2D eigenvalue weighted by Crippen LogP contribution is -2.50. The van der Waals surface area contributed by atoms with Crippen LogP contribution in [0.1, 0.15) is 16.8 Å². The number of hydrogen-bond acceptors (Lipinski definition) is 7. The Hall–Kier alpha value is -3.69. The lowest BCUT2D eigenvalue weighted by Gasteiger charge is -2.36. The fourth-order valence-electron chi connectivity index (χ4n) is 5.10. The van der Waals surface area contributed by atoms with Crippen LogP contribution >= 0.6 is 0 Å². The van der Waals surface area contributed by atoms with Gasteiger partial charge < -0.3 is 14.5 Å². The van der Waals surface area contributed by atoms with Gasteiger partial charge in [-0.1, -0.05) is 42.5 Å². The van der Waals surface area contributed by atoms with Crippen LogP contribution in [-0.2, 0) is 24.3 Å². The van der Waals surface area contributed by atoms with E-state index in [0.29, 0.717) is 45.1 Å². The molecule has 1 amide bonds.